The first kappa shape index (κ1) is 16.0. The van der Waals surface area contributed by atoms with Gasteiger partial charge in [0.05, 0.1) is 0 Å². The molecule has 0 aromatic heterocycles. The van der Waals surface area contributed by atoms with E-state index in [4.69, 9.17) is 0 Å². The Balaban J connectivity index is 2.72. The molecule has 1 aliphatic rings. The van der Waals surface area contributed by atoms with Crippen LogP contribution >= 0.6 is 7.92 Å². The van der Waals surface area contributed by atoms with Crippen LogP contribution in [0.15, 0.2) is 24.3 Å². The molecule has 0 heterocycles. The summed E-state index contributed by atoms with van der Waals surface area (Å²) in [5, 5.41) is 0. The third-order valence-electron chi connectivity index (χ3n) is 3.99. The molecule has 0 bridgehead atoms. The highest BCUT2D eigenvalue weighted by Gasteiger charge is 2.30. The lowest BCUT2D eigenvalue weighted by Crippen LogP contribution is -2.15. The van der Waals surface area contributed by atoms with Crippen molar-refractivity contribution in [3.05, 3.63) is 24.3 Å². The molecule has 1 fully saturated rings. The Morgan fingerprint density at radius 2 is 1.39 bits per heavy atom. The molecule has 2 unspecified atom stereocenters. The molecule has 18 heavy (non-hydrogen) atoms. The van der Waals surface area contributed by atoms with Gasteiger partial charge in [-0.15, -0.1) is 0 Å². The largest absolute Gasteiger partial charge is 0.0900 e. The lowest BCUT2D eigenvalue weighted by atomic mass is 10.3. The molecule has 1 aliphatic carbocycles. The molecule has 0 aromatic rings. The van der Waals surface area contributed by atoms with Crippen LogP contribution in [0.4, 0.5) is 0 Å². The quantitative estimate of drug-likeness (QED) is 0.384. The summed E-state index contributed by atoms with van der Waals surface area (Å²) in [7, 11) is 0.119. The first-order valence-corrected chi connectivity index (χ1v) is 9.36. The normalized spacial score (nSPS) is 22.9. The maximum atomic E-state index is 2.49. The van der Waals surface area contributed by atoms with E-state index in [2.05, 4.69) is 52.0 Å². The Morgan fingerprint density at radius 3 is 1.78 bits per heavy atom. The zero-order valence-electron chi connectivity index (χ0n) is 12.7. The summed E-state index contributed by atoms with van der Waals surface area (Å²) in [5.74, 6) is 0. The van der Waals surface area contributed by atoms with Crippen LogP contribution in [-0.2, 0) is 0 Å². The Labute approximate surface area is 116 Å². The fourth-order valence-corrected chi connectivity index (χ4v) is 6.78. The second-order valence-electron chi connectivity index (χ2n) is 5.54. The van der Waals surface area contributed by atoms with Crippen molar-refractivity contribution in [1.29, 1.82) is 0 Å². The summed E-state index contributed by atoms with van der Waals surface area (Å²) in [5.41, 5.74) is 2.60. The fraction of sp³-hybridized carbons (Fsp3) is 0.765. The van der Waals surface area contributed by atoms with E-state index in [1.54, 1.807) is 0 Å². The van der Waals surface area contributed by atoms with Gasteiger partial charge in [-0.05, 0) is 42.7 Å². The molecule has 0 spiro atoms. The fourth-order valence-electron chi connectivity index (χ4n) is 3.10. The van der Waals surface area contributed by atoms with Crippen molar-refractivity contribution in [2.24, 2.45) is 0 Å². The highest BCUT2D eigenvalue weighted by atomic mass is 31.1. The van der Waals surface area contributed by atoms with E-state index in [0.29, 0.717) is 0 Å². The second-order valence-corrected chi connectivity index (χ2v) is 8.79. The summed E-state index contributed by atoms with van der Waals surface area (Å²) >= 11 is 0. The van der Waals surface area contributed by atoms with Gasteiger partial charge in [-0.1, -0.05) is 72.8 Å². The van der Waals surface area contributed by atoms with E-state index >= 15 is 0 Å². The summed E-state index contributed by atoms with van der Waals surface area (Å²) in [4.78, 5) is 0. The predicted molar refractivity (Wildman–Crippen MR) is 87.0 cm³/mol. The van der Waals surface area contributed by atoms with Gasteiger partial charge in [0.25, 0.3) is 0 Å². The zero-order valence-corrected chi connectivity index (χ0v) is 13.6. The smallest absolute Gasteiger partial charge is 0.00503 e. The van der Waals surface area contributed by atoms with Gasteiger partial charge in [0.1, 0.15) is 0 Å². The molecule has 1 heteroatoms. The average molecular weight is 266 g/mol. The maximum absolute atomic E-state index is 2.49. The molecule has 1 rings (SSSR count). The van der Waals surface area contributed by atoms with Gasteiger partial charge >= 0.3 is 0 Å². The first-order chi connectivity index (χ1) is 8.70. The van der Waals surface area contributed by atoms with Crippen LogP contribution in [0, 0.1) is 0 Å². The van der Waals surface area contributed by atoms with Gasteiger partial charge in [0, 0.05) is 0 Å². The maximum Gasteiger partial charge on any atom is -0.00503 e. The van der Waals surface area contributed by atoms with Crippen LogP contribution in [-0.4, -0.2) is 17.0 Å². The number of hydrogen-bond acceptors (Lipinski definition) is 0. The van der Waals surface area contributed by atoms with Crippen molar-refractivity contribution in [1.82, 2.24) is 0 Å². The minimum atomic E-state index is 0.119. The number of rotatable bonds is 7. The topological polar surface area (TPSA) is 0 Å². The van der Waals surface area contributed by atoms with Crippen LogP contribution in [0.25, 0.3) is 0 Å². The summed E-state index contributed by atoms with van der Waals surface area (Å²) in [6, 6.07) is 0. The summed E-state index contributed by atoms with van der Waals surface area (Å²) < 4.78 is 0. The van der Waals surface area contributed by atoms with Crippen LogP contribution in [0.5, 0.6) is 0 Å². The van der Waals surface area contributed by atoms with Gasteiger partial charge in [-0.2, -0.15) is 0 Å². The Bertz CT molecular complexity index is 241. The predicted octanol–water partition coefficient (Wildman–Crippen LogP) is 6.12. The molecule has 0 aliphatic heterocycles. The molecule has 104 valence electrons. The third-order valence-corrected chi connectivity index (χ3v) is 7.57. The van der Waals surface area contributed by atoms with E-state index in [0.717, 1.165) is 17.0 Å². The Morgan fingerprint density at radius 1 is 0.944 bits per heavy atom. The molecule has 0 radical (unpaired) electrons. The van der Waals surface area contributed by atoms with Gasteiger partial charge in [-0.3, -0.25) is 0 Å². The van der Waals surface area contributed by atoms with Crippen molar-refractivity contribution in [2.45, 2.75) is 83.2 Å². The minimum Gasteiger partial charge on any atom is -0.0900 e. The summed E-state index contributed by atoms with van der Waals surface area (Å²) in [6.45, 7) is 9.38. The standard InChI is InChI=1S/C17H31P/c1-5-7-11-15(3)18(16(4)12-8-6-2)17-13-9-10-14-17/h7-8,11-12,15-17H,5-6,9-10,13-14H2,1-4H3/b11-7+,12-8+. The van der Waals surface area contributed by atoms with E-state index in [-0.39, 0.29) is 7.92 Å². The molecule has 0 amide bonds. The molecule has 2 atom stereocenters. The molecule has 0 N–H and O–H groups in total. The highest BCUT2D eigenvalue weighted by Crippen LogP contribution is 2.56. The number of allylic oxidation sites excluding steroid dienone is 4. The highest BCUT2D eigenvalue weighted by molar-refractivity contribution is 7.60. The van der Waals surface area contributed by atoms with E-state index in [1.165, 1.54) is 38.5 Å². The van der Waals surface area contributed by atoms with Crippen molar-refractivity contribution in [2.75, 3.05) is 0 Å². The van der Waals surface area contributed by atoms with E-state index in [9.17, 15) is 0 Å². The Hall–Kier alpha value is -0.0900. The molecule has 0 nitrogen and oxygen atoms in total. The Kier molecular flexibility index (Phi) is 7.91. The van der Waals surface area contributed by atoms with E-state index in [1.807, 2.05) is 0 Å². The lowest BCUT2D eigenvalue weighted by molar-refractivity contribution is 0.867. The van der Waals surface area contributed by atoms with Crippen LogP contribution in [0.2, 0.25) is 0 Å². The molecule has 0 saturated heterocycles. The molecular weight excluding hydrogens is 235 g/mol. The SMILES string of the molecule is CC/C=C/C(C)P(C(C)/C=C/CC)C1CCCC1. The average Bonchev–Trinajstić information content (AvgIpc) is 2.87. The van der Waals surface area contributed by atoms with E-state index < -0.39 is 0 Å². The van der Waals surface area contributed by atoms with Crippen molar-refractivity contribution >= 4 is 7.92 Å². The molecular formula is C17H31P. The van der Waals surface area contributed by atoms with Gasteiger partial charge in [0.2, 0.25) is 0 Å². The van der Waals surface area contributed by atoms with Crippen molar-refractivity contribution in [3.63, 3.8) is 0 Å². The third kappa shape index (κ3) is 4.88. The number of hydrogen-bond donors (Lipinski definition) is 0. The van der Waals surface area contributed by atoms with Gasteiger partial charge in [0.15, 0.2) is 0 Å². The second kappa shape index (κ2) is 8.92. The molecule has 0 aromatic carbocycles. The van der Waals surface area contributed by atoms with Crippen LogP contribution in [0.3, 0.4) is 0 Å². The minimum absolute atomic E-state index is 0.119. The van der Waals surface area contributed by atoms with Gasteiger partial charge in [-0.25, -0.2) is 0 Å². The summed E-state index contributed by atoms with van der Waals surface area (Å²) in [6.07, 6.45) is 18.0. The van der Waals surface area contributed by atoms with Gasteiger partial charge < -0.3 is 0 Å². The zero-order chi connectivity index (χ0) is 13.4. The first-order valence-electron chi connectivity index (χ1n) is 7.81. The van der Waals surface area contributed by atoms with Crippen molar-refractivity contribution < 1.29 is 0 Å². The van der Waals surface area contributed by atoms with Crippen LogP contribution in [0.1, 0.15) is 66.2 Å². The monoisotopic (exact) mass is 266 g/mol. The van der Waals surface area contributed by atoms with Crippen LogP contribution < -0.4 is 0 Å². The van der Waals surface area contributed by atoms with Crippen molar-refractivity contribution in [3.8, 4) is 0 Å². The lowest BCUT2D eigenvalue weighted by Gasteiger charge is -2.32. The molecule has 1 saturated carbocycles.